The molecule has 0 saturated heterocycles. The van der Waals surface area contributed by atoms with Crippen molar-refractivity contribution in [1.82, 2.24) is 5.43 Å². The second-order valence-electron chi connectivity index (χ2n) is 5.57. The zero-order chi connectivity index (χ0) is 19.9. The topological polar surface area (TPSA) is 96.8 Å². The summed E-state index contributed by atoms with van der Waals surface area (Å²) in [5.74, 6) is 0.839. The number of halogens is 1. The van der Waals surface area contributed by atoms with Crippen LogP contribution in [-0.4, -0.2) is 25.3 Å². The highest BCUT2D eigenvalue weighted by atomic mass is 79.9. The van der Waals surface area contributed by atoms with Crippen molar-refractivity contribution >= 4 is 39.0 Å². The Morgan fingerprint density at radius 3 is 2.93 bits per heavy atom. The summed E-state index contributed by atoms with van der Waals surface area (Å²) in [7, 11) is 0. The number of hydrogen-bond acceptors (Lipinski definition) is 6. The molecular formula is C20H16BrN3O4. The number of carbonyl (C=O) groups excluding carboxylic acids is 1. The molecule has 1 amide bonds. The van der Waals surface area contributed by atoms with Gasteiger partial charge in [-0.1, -0.05) is 15.9 Å². The molecular weight excluding hydrogens is 426 g/mol. The predicted octanol–water partition coefficient (Wildman–Crippen LogP) is 4.26. The summed E-state index contributed by atoms with van der Waals surface area (Å²) in [5, 5.41) is 13.4. The molecule has 1 heterocycles. The molecule has 0 spiro atoms. The van der Waals surface area contributed by atoms with Gasteiger partial charge in [0.15, 0.2) is 12.4 Å². The molecule has 0 saturated carbocycles. The second kappa shape index (κ2) is 9.06. The third-order valence-corrected chi connectivity index (χ3v) is 4.15. The fourth-order valence-corrected chi connectivity index (χ4v) is 2.85. The summed E-state index contributed by atoms with van der Waals surface area (Å²) in [5.41, 5.74) is 3.61. The minimum absolute atomic E-state index is 0.0858. The number of carbonyl (C=O) groups is 1. The normalized spacial score (nSPS) is 10.8. The van der Waals surface area contributed by atoms with Crippen LogP contribution in [-0.2, 0) is 0 Å². The average molecular weight is 442 g/mol. The maximum Gasteiger partial charge on any atom is 0.307 e. The van der Waals surface area contributed by atoms with Gasteiger partial charge < -0.3 is 13.9 Å². The maximum absolute atomic E-state index is 12.3. The third kappa shape index (κ3) is 4.69. The van der Waals surface area contributed by atoms with Crippen LogP contribution in [0.2, 0.25) is 0 Å². The molecule has 8 heteroatoms. The molecule has 3 aromatic rings. The van der Waals surface area contributed by atoms with E-state index in [1.165, 1.54) is 6.21 Å². The summed E-state index contributed by atoms with van der Waals surface area (Å²) in [6.45, 7) is 2.37. The highest BCUT2D eigenvalue weighted by Crippen LogP contribution is 2.24. The van der Waals surface area contributed by atoms with E-state index in [4.69, 9.17) is 19.2 Å². The van der Waals surface area contributed by atoms with Gasteiger partial charge in [-0.3, -0.25) is 4.79 Å². The molecule has 0 unspecified atom stereocenters. The van der Waals surface area contributed by atoms with Crippen molar-refractivity contribution in [3.8, 4) is 17.6 Å². The van der Waals surface area contributed by atoms with Gasteiger partial charge in [0.2, 0.25) is 0 Å². The molecule has 1 N–H and O–H groups in total. The molecule has 0 aliphatic heterocycles. The van der Waals surface area contributed by atoms with Gasteiger partial charge in [0.05, 0.1) is 12.8 Å². The van der Waals surface area contributed by atoms with E-state index >= 15 is 0 Å². The van der Waals surface area contributed by atoms with Gasteiger partial charge in [-0.15, -0.1) is 0 Å². The van der Waals surface area contributed by atoms with Crippen molar-refractivity contribution in [3.05, 3.63) is 58.3 Å². The first-order chi connectivity index (χ1) is 13.6. The van der Waals surface area contributed by atoms with Gasteiger partial charge in [0.25, 0.3) is 0 Å². The highest BCUT2D eigenvalue weighted by Gasteiger charge is 2.12. The number of rotatable bonds is 7. The van der Waals surface area contributed by atoms with E-state index in [0.29, 0.717) is 29.3 Å². The Balaban J connectivity index is 1.72. The molecule has 0 atom stereocenters. The SMILES string of the molecule is CCOc1ccc2oc(C(=O)N/N=C/c3cc(Br)ccc3OCC#N)cc2c1. The molecule has 7 nitrogen and oxygen atoms in total. The van der Waals surface area contributed by atoms with Crippen LogP contribution >= 0.6 is 15.9 Å². The number of nitrogens with zero attached hydrogens (tertiary/aromatic N) is 2. The lowest BCUT2D eigenvalue weighted by atomic mass is 10.2. The van der Waals surface area contributed by atoms with E-state index < -0.39 is 5.91 Å². The molecule has 2 aromatic carbocycles. The first kappa shape index (κ1) is 19.5. The van der Waals surface area contributed by atoms with Crippen molar-refractivity contribution in [3.63, 3.8) is 0 Å². The number of nitriles is 1. The lowest BCUT2D eigenvalue weighted by molar-refractivity contribution is 0.0929. The van der Waals surface area contributed by atoms with Gasteiger partial charge in [0, 0.05) is 15.4 Å². The van der Waals surface area contributed by atoms with Crippen molar-refractivity contribution in [2.45, 2.75) is 6.92 Å². The van der Waals surface area contributed by atoms with E-state index in [2.05, 4.69) is 26.5 Å². The van der Waals surface area contributed by atoms with E-state index in [9.17, 15) is 4.79 Å². The first-order valence-corrected chi connectivity index (χ1v) is 9.19. The Morgan fingerprint density at radius 2 is 2.14 bits per heavy atom. The van der Waals surface area contributed by atoms with E-state index in [1.54, 1.807) is 36.4 Å². The van der Waals surface area contributed by atoms with Gasteiger partial charge in [-0.25, -0.2) is 5.43 Å². The Labute approximate surface area is 169 Å². The van der Waals surface area contributed by atoms with E-state index in [0.717, 1.165) is 9.86 Å². The Hall–Kier alpha value is -3.31. The molecule has 0 aliphatic carbocycles. The quantitative estimate of drug-likeness (QED) is 0.436. The standard InChI is InChI=1S/C20H16BrN3O4/c1-2-26-16-4-6-18-13(10-16)11-19(28-18)20(25)24-23-12-14-9-15(21)3-5-17(14)27-8-7-22/h3-6,9-12H,2,8H2,1H3,(H,24,25)/b23-12+. The van der Waals surface area contributed by atoms with Crippen LogP contribution in [0.25, 0.3) is 11.0 Å². The van der Waals surface area contributed by atoms with Gasteiger partial charge in [-0.2, -0.15) is 10.4 Å². The van der Waals surface area contributed by atoms with Crippen LogP contribution in [0, 0.1) is 11.3 Å². The number of benzene rings is 2. The van der Waals surface area contributed by atoms with Crippen molar-refractivity contribution in [2.75, 3.05) is 13.2 Å². The van der Waals surface area contributed by atoms with Crippen LogP contribution in [0.1, 0.15) is 23.0 Å². The van der Waals surface area contributed by atoms with Crippen molar-refractivity contribution < 1.29 is 18.7 Å². The Bertz CT molecular complexity index is 1070. The summed E-state index contributed by atoms with van der Waals surface area (Å²) < 4.78 is 17.1. The molecule has 0 bridgehead atoms. The van der Waals surface area contributed by atoms with Crippen molar-refractivity contribution in [2.24, 2.45) is 5.10 Å². The molecule has 0 fully saturated rings. The summed E-state index contributed by atoms with van der Waals surface area (Å²) in [6.07, 6.45) is 1.44. The number of nitrogens with one attached hydrogen (secondary N) is 1. The summed E-state index contributed by atoms with van der Waals surface area (Å²) in [4.78, 5) is 12.3. The highest BCUT2D eigenvalue weighted by molar-refractivity contribution is 9.10. The van der Waals surface area contributed by atoms with Crippen LogP contribution in [0.3, 0.4) is 0 Å². The van der Waals surface area contributed by atoms with Gasteiger partial charge >= 0.3 is 5.91 Å². The third-order valence-electron chi connectivity index (χ3n) is 3.66. The number of amides is 1. The number of ether oxygens (including phenoxy) is 2. The van der Waals surface area contributed by atoms with E-state index in [1.807, 2.05) is 19.1 Å². The summed E-state index contributed by atoms with van der Waals surface area (Å²) >= 11 is 3.36. The molecule has 1 aromatic heterocycles. The monoisotopic (exact) mass is 441 g/mol. The minimum atomic E-state index is -0.486. The van der Waals surface area contributed by atoms with Gasteiger partial charge in [-0.05, 0) is 49.4 Å². The zero-order valence-electron chi connectivity index (χ0n) is 14.9. The number of fused-ring (bicyclic) bond motifs is 1. The zero-order valence-corrected chi connectivity index (χ0v) is 16.5. The number of furan rings is 1. The molecule has 142 valence electrons. The fraction of sp³-hybridized carbons (Fsp3) is 0.150. The van der Waals surface area contributed by atoms with Gasteiger partial charge in [0.1, 0.15) is 23.2 Å². The number of hydrogen-bond donors (Lipinski definition) is 1. The van der Waals surface area contributed by atoms with Crippen LogP contribution in [0.5, 0.6) is 11.5 Å². The van der Waals surface area contributed by atoms with Crippen LogP contribution in [0.15, 0.2) is 56.5 Å². The Morgan fingerprint density at radius 1 is 1.29 bits per heavy atom. The lowest BCUT2D eigenvalue weighted by Crippen LogP contribution is -2.16. The maximum atomic E-state index is 12.3. The molecule has 28 heavy (non-hydrogen) atoms. The molecule has 0 radical (unpaired) electrons. The van der Waals surface area contributed by atoms with E-state index in [-0.39, 0.29) is 12.4 Å². The van der Waals surface area contributed by atoms with Crippen LogP contribution in [0.4, 0.5) is 0 Å². The second-order valence-corrected chi connectivity index (χ2v) is 6.49. The molecule has 0 aliphatic rings. The first-order valence-electron chi connectivity index (χ1n) is 8.40. The Kier molecular flexibility index (Phi) is 6.29. The lowest BCUT2D eigenvalue weighted by Gasteiger charge is -2.06. The largest absolute Gasteiger partial charge is 0.494 e. The smallest absolute Gasteiger partial charge is 0.307 e. The average Bonchev–Trinajstić information content (AvgIpc) is 3.11. The fourth-order valence-electron chi connectivity index (χ4n) is 2.47. The van der Waals surface area contributed by atoms with Crippen LogP contribution < -0.4 is 14.9 Å². The molecule has 3 rings (SSSR count). The van der Waals surface area contributed by atoms with Crippen molar-refractivity contribution in [1.29, 1.82) is 5.26 Å². The predicted molar refractivity (Wildman–Crippen MR) is 108 cm³/mol. The number of hydrazone groups is 1. The minimum Gasteiger partial charge on any atom is -0.494 e. The summed E-state index contributed by atoms with van der Waals surface area (Å²) in [6, 6.07) is 14.1.